The van der Waals surface area contributed by atoms with Crippen LogP contribution in [0.4, 0.5) is 5.69 Å². The molecule has 0 saturated heterocycles. The number of hydrogen-bond donors (Lipinski definition) is 3. The van der Waals surface area contributed by atoms with Crippen molar-refractivity contribution >= 4 is 23.0 Å². The SMILES string of the molecule is COc1ccc(NC(=O)c2ccccc2)cc1/C(N)=C/C(=N)c1ccccc1. The molecular formula is C23H21N3O2. The zero-order valence-corrected chi connectivity index (χ0v) is 15.5. The molecule has 3 rings (SSSR count). The van der Waals surface area contributed by atoms with Crippen molar-refractivity contribution < 1.29 is 9.53 Å². The minimum absolute atomic E-state index is 0.212. The number of anilines is 1. The van der Waals surface area contributed by atoms with Gasteiger partial charge in [0, 0.05) is 22.5 Å². The van der Waals surface area contributed by atoms with Gasteiger partial charge in [-0.05, 0) is 42.0 Å². The summed E-state index contributed by atoms with van der Waals surface area (Å²) < 4.78 is 5.39. The number of rotatable bonds is 6. The number of nitrogens with two attached hydrogens (primary N) is 1. The first-order chi connectivity index (χ1) is 13.6. The summed E-state index contributed by atoms with van der Waals surface area (Å²) in [7, 11) is 1.55. The summed E-state index contributed by atoms with van der Waals surface area (Å²) in [5.41, 5.74) is 9.44. The van der Waals surface area contributed by atoms with Crippen LogP contribution >= 0.6 is 0 Å². The van der Waals surface area contributed by atoms with Crippen LogP contribution in [-0.4, -0.2) is 18.7 Å². The number of ether oxygens (including phenoxy) is 1. The normalized spacial score (nSPS) is 11.0. The van der Waals surface area contributed by atoms with Gasteiger partial charge in [0.2, 0.25) is 0 Å². The van der Waals surface area contributed by atoms with E-state index in [1.165, 1.54) is 0 Å². The second-order valence-corrected chi connectivity index (χ2v) is 6.11. The first-order valence-electron chi connectivity index (χ1n) is 8.74. The lowest BCUT2D eigenvalue weighted by Gasteiger charge is -2.12. The van der Waals surface area contributed by atoms with Crippen LogP contribution in [0.15, 0.2) is 84.9 Å². The van der Waals surface area contributed by atoms with Crippen molar-refractivity contribution in [1.82, 2.24) is 0 Å². The van der Waals surface area contributed by atoms with E-state index in [1.54, 1.807) is 43.5 Å². The molecule has 0 fully saturated rings. The molecule has 5 heteroatoms. The highest BCUT2D eigenvalue weighted by Gasteiger charge is 2.11. The van der Waals surface area contributed by atoms with E-state index in [4.69, 9.17) is 15.9 Å². The van der Waals surface area contributed by atoms with Gasteiger partial charge in [-0.15, -0.1) is 0 Å². The standard InChI is InChI=1S/C23H21N3O2/c1-28-22-13-12-18(26-23(27)17-10-6-3-7-11-17)14-19(22)21(25)15-20(24)16-8-4-2-5-9-16/h2-15,24H,25H2,1H3,(H,26,27)/b21-15-,24-20?. The van der Waals surface area contributed by atoms with Crippen molar-refractivity contribution in [2.75, 3.05) is 12.4 Å². The van der Waals surface area contributed by atoms with Crippen LogP contribution in [0.5, 0.6) is 5.75 Å². The molecule has 0 spiro atoms. The first kappa shape index (κ1) is 18.9. The fourth-order valence-corrected chi connectivity index (χ4v) is 2.74. The molecule has 28 heavy (non-hydrogen) atoms. The van der Waals surface area contributed by atoms with E-state index in [2.05, 4.69) is 5.32 Å². The van der Waals surface area contributed by atoms with Crippen LogP contribution in [0.3, 0.4) is 0 Å². The van der Waals surface area contributed by atoms with E-state index in [0.29, 0.717) is 34.0 Å². The van der Waals surface area contributed by atoms with Gasteiger partial charge in [0.15, 0.2) is 0 Å². The Hall–Kier alpha value is -3.86. The third kappa shape index (κ3) is 4.45. The average molecular weight is 371 g/mol. The third-order valence-electron chi connectivity index (χ3n) is 4.19. The Labute approximate surface area is 164 Å². The molecule has 0 aliphatic carbocycles. The van der Waals surface area contributed by atoms with Crippen molar-refractivity contribution in [2.45, 2.75) is 0 Å². The summed E-state index contributed by atoms with van der Waals surface area (Å²) >= 11 is 0. The predicted octanol–water partition coefficient (Wildman–Crippen LogP) is 4.32. The lowest BCUT2D eigenvalue weighted by Crippen LogP contribution is -2.12. The Kier molecular flexibility index (Phi) is 5.87. The van der Waals surface area contributed by atoms with Gasteiger partial charge in [-0.25, -0.2) is 0 Å². The Morgan fingerprint density at radius 1 is 0.964 bits per heavy atom. The number of carbonyl (C=O) groups is 1. The Morgan fingerprint density at radius 2 is 1.57 bits per heavy atom. The first-order valence-corrected chi connectivity index (χ1v) is 8.74. The Bertz CT molecular complexity index is 1010. The maximum absolute atomic E-state index is 12.4. The second kappa shape index (κ2) is 8.68. The number of carbonyl (C=O) groups excluding carboxylic acids is 1. The monoisotopic (exact) mass is 371 g/mol. The van der Waals surface area contributed by atoms with Gasteiger partial charge in [0.1, 0.15) is 5.75 Å². The van der Waals surface area contributed by atoms with E-state index >= 15 is 0 Å². The van der Waals surface area contributed by atoms with E-state index in [1.807, 2.05) is 48.5 Å². The molecule has 1 amide bonds. The van der Waals surface area contributed by atoms with Crippen LogP contribution in [0.1, 0.15) is 21.5 Å². The third-order valence-corrected chi connectivity index (χ3v) is 4.19. The van der Waals surface area contributed by atoms with Crippen LogP contribution in [0.2, 0.25) is 0 Å². The highest BCUT2D eigenvalue weighted by molar-refractivity contribution is 6.10. The Morgan fingerprint density at radius 3 is 2.18 bits per heavy atom. The zero-order valence-electron chi connectivity index (χ0n) is 15.5. The highest BCUT2D eigenvalue weighted by atomic mass is 16.5. The van der Waals surface area contributed by atoms with E-state index in [9.17, 15) is 4.79 Å². The molecule has 0 aromatic heterocycles. The second-order valence-electron chi connectivity index (χ2n) is 6.11. The fourth-order valence-electron chi connectivity index (χ4n) is 2.74. The number of nitrogens with one attached hydrogen (secondary N) is 2. The van der Waals surface area contributed by atoms with Gasteiger partial charge >= 0.3 is 0 Å². The Balaban J connectivity index is 1.87. The summed E-state index contributed by atoms with van der Waals surface area (Å²) in [5, 5.41) is 11.1. The maximum atomic E-state index is 12.4. The molecular weight excluding hydrogens is 350 g/mol. The van der Waals surface area contributed by atoms with Gasteiger partial charge < -0.3 is 21.2 Å². The van der Waals surface area contributed by atoms with Crippen LogP contribution in [0.25, 0.3) is 5.70 Å². The summed E-state index contributed by atoms with van der Waals surface area (Å²) in [6.45, 7) is 0. The van der Waals surface area contributed by atoms with E-state index < -0.39 is 0 Å². The van der Waals surface area contributed by atoms with Crippen molar-refractivity contribution in [2.24, 2.45) is 5.73 Å². The number of hydrogen-bond acceptors (Lipinski definition) is 4. The lowest BCUT2D eigenvalue weighted by molar-refractivity contribution is 0.102. The summed E-state index contributed by atoms with van der Waals surface area (Å²) in [5.74, 6) is 0.351. The van der Waals surface area contributed by atoms with Crippen LogP contribution in [0, 0.1) is 5.41 Å². The van der Waals surface area contributed by atoms with Crippen molar-refractivity contribution in [3.63, 3.8) is 0 Å². The summed E-state index contributed by atoms with van der Waals surface area (Å²) in [6, 6.07) is 23.5. The van der Waals surface area contributed by atoms with Gasteiger partial charge in [-0.3, -0.25) is 4.79 Å². The predicted molar refractivity (Wildman–Crippen MR) is 113 cm³/mol. The smallest absolute Gasteiger partial charge is 0.255 e. The number of amides is 1. The van der Waals surface area contributed by atoms with E-state index in [-0.39, 0.29) is 5.91 Å². The zero-order chi connectivity index (χ0) is 19.9. The molecule has 0 atom stereocenters. The van der Waals surface area contributed by atoms with Crippen molar-refractivity contribution in [1.29, 1.82) is 5.41 Å². The molecule has 0 bridgehead atoms. The largest absolute Gasteiger partial charge is 0.496 e. The molecule has 0 radical (unpaired) electrons. The van der Waals surface area contributed by atoms with Crippen LogP contribution < -0.4 is 15.8 Å². The molecule has 3 aromatic carbocycles. The number of allylic oxidation sites excluding steroid dienone is 1. The molecule has 140 valence electrons. The fraction of sp³-hybridized carbons (Fsp3) is 0.0435. The van der Waals surface area contributed by atoms with Crippen LogP contribution in [-0.2, 0) is 0 Å². The molecule has 3 aromatic rings. The molecule has 4 N–H and O–H groups in total. The molecule has 0 aliphatic rings. The minimum atomic E-state index is -0.212. The van der Waals surface area contributed by atoms with Gasteiger partial charge in [0.25, 0.3) is 5.91 Å². The maximum Gasteiger partial charge on any atom is 0.255 e. The minimum Gasteiger partial charge on any atom is -0.496 e. The summed E-state index contributed by atoms with van der Waals surface area (Å²) in [6.07, 6.45) is 1.58. The topological polar surface area (TPSA) is 88.2 Å². The number of benzene rings is 3. The summed E-state index contributed by atoms with van der Waals surface area (Å²) in [4.78, 5) is 12.4. The van der Waals surface area contributed by atoms with Gasteiger partial charge in [0.05, 0.1) is 12.8 Å². The quantitative estimate of drug-likeness (QED) is 0.564. The van der Waals surface area contributed by atoms with Crippen molar-refractivity contribution in [3.05, 3.63) is 102 Å². The average Bonchev–Trinajstić information content (AvgIpc) is 2.74. The lowest BCUT2D eigenvalue weighted by atomic mass is 10.0. The number of methoxy groups -OCH3 is 1. The highest BCUT2D eigenvalue weighted by Crippen LogP contribution is 2.27. The molecule has 0 saturated carbocycles. The van der Waals surface area contributed by atoms with E-state index in [0.717, 1.165) is 5.56 Å². The van der Waals surface area contributed by atoms with Gasteiger partial charge in [-0.1, -0.05) is 48.5 Å². The molecule has 0 heterocycles. The molecule has 0 unspecified atom stereocenters. The molecule has 0 aliphatic heterocycles. The van der Waals surface area contributed by atoms with Gasteiger partial charge in [-0.2, -0.15) is 0 Å². The molecule has 5 nitrogen and oxygen atoms in total. The van der Waals surface area contributed by atoms with Crippen molar-refractivity contribution in [3.8, 4) is 5.75 Å².